The maximum atomic E-state index is 13.1. The summed E-state index contributed by atoms with van der Waals surface area (Å²) in [6.07, 6.45) is 4.90. The monoisotopic (exact) mass is 379 g/mol. The van der Waals surface area contributed by atoms with Gasteiger partial charge in [0.2, 0.25) is 0 Å². The predicted molar refractivity (Wildman–Crippen MR) is 96.1 cm³/mol. The van der Waals surface area contributed by atoms with Crippen molar-refractivity contribution in [2.75, 3.05) is 5.32 Å². The summed E-state index contributed by atoms with van der Waals surface area (Å²) in [7, 11) is 0. The first-order chi connectivity index (χ1) is 12.4. The molecule has 4 bridgehead atoms. The van der Waals surface area contributed by atoms with E-state index in [4.69, 9.17) is 16.3 Å². The summed E-state index contributed by atoms with van der Waals surface area (Å²) in [6.45, 7) is 1.56. The van der Waals surface area contributed by atoms with Crippen LogP contribution in [-0.4, -0.2) is 18.0 Å². The molecule has 4 nitrogen and oxygen atoms in total. The number of halogens is 2. The molecular weight excluding hydrogens is 357 g/mol. The number of rotatable bonds is 4. The molecule has 4 fully saturated rings. The summed E-state index contributed by atoms with van der Waals surface area (Å²) in [5.74, 6) is 1.15. The number of nitrogens with one attached hydrogen (secondary N) is 1. The van der Waals surface area contributed by atoms with E-state index in [-0.39, 0.29) is 16.9 Å². The average molecular weight is 380 g/mol. The first-order valence-electron chi connectivity index (χ1n) is 9.37. The molecule has 140 valence electrons. The lowest BCUT2D eigenvalue weighted by Gasteiger charge is -2.53. The number of carbonyl (C=O) groups excluding carboxylic acids is 2. The van der Waals surface area contributed by atoms with Crippen LogP contribution in [0.15, 0.2) is 18.2 Å². The van der Waals surface area contributed by atoms with E-state index in [1.54, 1.807) is 6.92 Å². The molecule has 6 heteroatoms. The number of amides is 1. The Bertz CT molecular complexity index is 710. The summed E-state index contributed by atoms with van der Waals surface area (Å²) >= 11 is 5.93. The van der Waals surface area contributed by atoms with Gasteiger partial charge in [0, 0.05) is 0 Å². The maximum Gasteiger partial charge on any atom is 0.310 e. The average Bonchev–Trinajstić information content (AvgIpc) is 2.56. The molecule has 1 amide bonds. The van der Waals surface area contributed by atoms with Crippen molar-refractivity contribution in [2.24, 2.45) is 29.6 Å². The van der Waals surface area contributed by atoms with Crippen molar-refractivity contribution >= 4 is 29.2 Å². The van der Waals surface area contributed by atoms with Crippen LogP contribution in [0.1, 0.15) is 39.0 Å². The van der Waals surface area contributed by atoms with E-state index in [9.17, 15) is 14.0 Å². The molecule has 5 rings (SSSR count). The van der Waals surface area contributed by atoms with Crippen molar-refractivity contribution in [3.8, 4) is 0 Å². The van der Waals surface area contributed by atoms with Crippen molar-refractivity contribution in [1.29, 1.82) is 0 Å². The first-order valence-corrected chi connectivity index (χ1v) is 9.75. The van der Waals surface area contributed by atoms with Crippen molar-refractivity contribution in [2.45, 2.75) is 45.1 Å². The number of anilines is 1. The fraction of sp³-hybridized carbons (Fsp3) is 0.600. The first kappa shape index (κ1) is 17.8. The topological polar surface area (TPSA) is 55.4 Å². The maximum absolute atomic E-state index is 13.1. The minimum Gasteiger partial charge on any atom is -0.452 e. The lowest BCUT2D eigenvalue weighted by molar-refractivity contribution is -0.169. The highest BCUT2D eigenvalue weighted by Gasteiger charge is 2.51. The third kappa shape index (κ3) is 3.34. The Morgan fingerprint density at radius 1 is 1.15 bits per heavy atom. The van der Waals surface area contributed by atoms with Gasteiger partial charge in [0.05, 0.1) is 16.6 Å². The smallest absolute Gasteiger partial charge is 0.310 e. The van der Waals surface area contributed by atoms with E-state index in [0.29, 0.717) is 17.5 Å². The van der Waals surface area contributed by atoms with Crippen molar-refractivity contribution in [3.63, 3.8) is 0 Å². The van der Waals surface area contributed by atoms with E-state index in [2.05, 4.69) is 5.32 Å². The van der Waals surface area contributed by atoms with Gasteiger partial charge in [0.1, 0.15) is 5.82 Å². The van der Waals surface area contributed by atoms with Crippen LogP contribution in [-0.2, 0) is 14.3 Å². The number of carbonyl (C=O) groups is 2. The van der Waals surface area contributed by atoms with Gasteiger partial charge in [-0.1, -0.05) is 11.6 Å². The van der Waals surface area contributed by atoms with Gasteiger partial charge in [0.25, 0.3) is 5.91 Å². The van der Waals surface area contributed by atoms with E-state index in [1.165, 1.54) is 18.6 Å². The zero-order valence-electron chi connectivity index (χ0n) is 14.7. The van der Waals surface area contributed by atoms with Gasteiger partial charge in [0.15, 0.2) is 6.10 Å². The number of esters is 1. The van der Waals surface area contributed by atoms with Crippen molar-refractivity contribution in [3.05, 3.63) is 29.0 Å². The van der Waals surface area contributed by atoms with E-state index >= 15 is 0 Å². The molecule has 0 unspecified atom stereocenters. The third-order valence-electron chi connectivity index (χ3n) is 6.35. The van der Waals surface area contributed by atoms with Crippen molar-refractivity contribution in [1.82, 2.24) is 0 Å². The molecule has 1 N–H and O–H groups in total. The van der Waals surface area contributed by atoms with Crippen LogP contribution in [0, 0.1) is 35.4 Å². The van der Waals surface area contributed by atoms with Gasteiger partial charge in [-0.2, -0.15) is 0 Å². The van der Waals surface area contributed by atoms with Crippen LogP contribution in [0.3, 0.4) is 0 Å². The molecule has 0 heterocycles. The van der Waals surface area contributed by atoms with E-state index < -0.39 is 17.8 Å². The van der Waals surface area contributed by atoms with Gasteiger partial charge in [-0.25, -0.2) is 4.39 Å². The Morgan fingerprint density at radius 3 is 2.35 bits per heavy atom. The lowest BCUT2D eigenvalue weighted by Crippen LogP contribution is -2.49. The molecule has 1 aromatic rings. The minimum absolute atomic E-state index is 0.0625. The number of hydrogen-bond acceptors (Lipinski definition) is 3. The van der Waals surface area contributed by atoms with Gasteiger partial charge in [-0.3, -0.25) is 9.59 Å². The second-order valence-corrected chi connectivity index (χ2v) is 8.56. The quantitative estimate of drug-likeness (QED) is 0.788. The Kier molecular flexibility index (Phi) is 4.68. The van der Waals surface area contributed by atoms with Gasteiger partial charge in [-0.15, -0.1) is 0 Å². The highest BCUT2D eigenvalue weighted by atomic mass is 35.5. The summed E-state index contributed by atoms with van der Waals surface area (Å²) in [5.41, 5.74) is 0.301. The molecule has 26 heavy (non-hydrogen) atoms. The number of hydrogen-bond donors (Lipinski definition) is 1. The van der Waals surface area contributed by atoms with Crippen LogP contribution in [0.2, 0.25) is 5.02 Å². The molecule has 0 radical (unpaired) electrons. The molecule has 1 atom stereocenters. The van der Waals surface area contributed by atoms with Crippen LogP contribution in [0.4, 0.5) is 10.1 Å². The fourth-order valence-corrected chi connectivity index (χ4v) is 5.66. The Hall–Kier alpha value is -1.62. The molecule has 4 saturated carbocycles. The zero-order chi connectivity index (χ0) is 18.4. The van der Waals surface area contributed by atoms with Gasteiger partial charge < -0.3 is 10.1 Å². The molecule has 1 aromatic carbocycles. The van der Waals surface area contributed by atoms with E-state index in [1.807, 2.05) is 0 Å². The predicted octanol–water partition coefficient (Wildman–Crippen LogP) is 4.42. The molecule has 0 spiro atoms. The summed E-state index contributed by atoms with van der Waals surface area (Å²) in [4.78, 5) is 25.1. The van der Waals surface area contributed by atoms with Crippen LogP contribution in [0.5, 0.6) is 0 Å². The molecule has 0 aromatic heterocycles. The highest BCUT2D eigenvalue weighted by molar-refractivity contribution is 6.33. The molecular formula is C20H23ClFNO3. The van der Waals surface area contributed by atoms with Crippen LogP contribution in [0.25, 0.3) is 0 Å². The largest absolute Gasteiger partial charge is 0.452 e. The number of benzene rings is 1. The van der Waals surface area contributed by atoms with Crippen molar-refractivity contribution < 1.29 is 18.7 Å². The van der Waals surface area contributed by atoms with Crippen LogP contribution >= 0.6 is 11.6 Å². The van der Waals surface area contributed by atoms with Crippen LogP contribution < -0.4 is 5.32 Å². The SMILES string of the molecule is C[C@H](OC(=O)C1C2CC3CC(C2)CC1C3)C(=O)Nc1ccc(F)cc1Cl. The zero-order valence-corrected chi connectivity index (χ0v) is 15.5. The van der Waals surface area contributed by atoms with Gasteiger partial charge in [-0.05, 0) is 80.9 Å². The highest BCUT2D eigenvalue weighted by Crippen LogP contribution is 2.56. The molecule has 0 saturated heterocycles. The second kappa shape index (κ2) is 6.84. The van der Waals surface area contributed by atoms with Gasteiger partial charge >= 0.3 is 5.97 Å². The number of ether oxygens (including phenoxy) is 1. The normalized spacial score (nSPS) is 33.0. The van der Waals surface area contributed by atoms with E-state index in [0.717, 1.165) is 43.6 Å². The Morgan fingerprint density at radius 2 is 1.77 bits per heavy atom. The molecule has 0 aliphatic heterocycles. The molecule has 4 aliphatic carbocycles. The summed E-state index contributed by atoms with van der Waals surface area (Å²) < 4.78 is 18.6. The Labute approximate surface area is 157 Å². The second-order valence-electron chi connectivity index (χ2n) is 8.15. The standard InChI is InChI=1S/C20H23ClFNO3/c1-10(19(24)23-17-3-2-15(22)9-16(17)21)26-20(25)18-13-5-11-4-12(7-13)8-14(18)6-11/h2-3,9-14,18H,4-8H2,1H3,(H,23,24)/t10-,11?,12?,13?,14?,18?/m0/s1. The molecule has 4 aliphatic rings. The Balaban J connectivity index is 1.37. The summed E-state index contributed by atoms with van der Waals surface area (Å²) in [6, 6.07) is 3.73. The minimum atomic E-state index is -0.916. The third-order valence-corrected chi connectivity index (χ3v) is 6.66. The summed E-state index contributed by atoms with van der Waals surface area (Å²) in [5, 5.41) is 2.70. The fourth-order valence-electron chi connectivity index (χ4n) is 5.44. The lowest BCUT2D eigenvalue weighted by atomic mass is 9.52.